The van der Waals surface area contributed by atoms with Gasteiger partial charge in [-0.1, -0.05) is 12.6 Å². The van der Waals surface area contributed by atoms with Gasteiger partial charge in [-0.15, -0.1) is 0 Å². The summed E-state index contributed by atoms with van der Waals surface area (Å²) in [6.45, 7) is 6.61. The fraction of sp³-hybridized carbons (Fsp3) is 0.567. The number of likely N-dealkylation sites (tertiary alicyclic amines) is 1. The van der Waals surface area contributed by atoms with Gasteiger partial charge in [0.25, 0.3) is 6.02 Å². The summed E-state index contributed by atoms with van der Waals surface area (Å²) in [6.07, 6.45) is -1.32. The molecular formula is C30H37F4N7O2. The van der Waals surface area contributed by atoms with Gasteiger partial charge in [0.05, 0.1) is 36.5 Å². The molecule has 9 nitrogen and oxygen atoms in total. The highest BCUT2D eigenvalue weighted by Gasteiger charge is 2.43. The van der Waals surface area contributed by atoms with Gasteiger partial charge < -0.3 is 24.3 Å². The Kier molecular flexibility index (Phi) is 8.99. The van der Waals surface area contributed by atoms with Gasteiger partial charge in [-0.2, -0.15) is 18.4 Å². The van der Waals surface area contributed by atoms with Crippen molar-refractivity contribution < 1.29 is 27.1 Å². The molecular weight excluding hydrogens is 566 g/mol. The second-order valence-electron chi connectivity index (χ2n) is 11.5. The van der Waals surface area contributed by atoms with Gasteiger partial charge in [0.2, 0.25) is 5.91 Å². The second kappa shape index (κ2) is 12.5. The van der Waals surface area contributed by atoms with Crippen LogP contribution in [0.25, 0.3) is 0 Å². The lowest BCUT2D eigenvalue weighted by Gasteiger charge is -2.49. The highest BCUT2D eigenvalue weighted by atomic mass is 19.4. The van der Waals surface area contributed by atoms with E-state index in [1.165, 1.54) is 23.1 Å². The summed E-state index contributed by atoms with van der Waals surface area (Å²) in [5.41, 5.74) is 0.0252. The van der Waals surface area contributed by atoms with Crippen molar-refractivity contribution in [2.45, 2.75) is 50.1 Å². The topological polar surface area (TPSA) is 78.7 Å². The molecule has 0 spiro atoms. The number of likely N-dealkylation sites (N-methyl/N-ethyl adjacent to an activating group) is 2. The van der Waals surface area contributed by atoms with Gasteiger partial charge >= 0.3 is 6.18 Å². The van der Waals surface area contributed by atoms with Crippen molar-refractivity contribution in [1.29, 1.82) is 5.26 Å². The van der Waals surface area contributed by atoms with Crippen LogP contribution in [-0.4, -0.2) is 110 Å². The number of halogens is 4. The molecule has 4 aliphatic rings. The number of amides is 1. The monoisotopic (exact) mass is 603 g/mol. The van der Waals surface area contributed by atoms with Crippen LogP contribution >= 0.6 is 0 Å². The zero-order valence-corrected chi connectivity index (χ0v) is 24.5. The summed E-state index contributed by atoms with van der Waals surface area (Å²) in [7, 11) is 3.93. The first kappa shape index (κ1) is 30.8. The molecule has 5 rings (SSSR count). The molecule has 4 aliphatic heterocycles. The van der Waals surface area contributed by atoms with E-state index < -0.39 is 17.6 Å². The summed E-state index contributed by atoms with van der Waals surface area (Å²) in [4.78, 5) is 26.9. The van der Waals surface area contributed by atoms with Crippen LogP contribution in [0.4, 0.5) is 23.2 Å². The molecule has 4 heterocycles. The van der Waals surface area contributed by atoms with Crippen LogP contribution in [0.5, 0.6) is 0 Å². The van der Waals surface area contributed by atoms with E-state index in [9.17, 15) is 27.6 Å². The number of carbonyl (C=O) groups excluding carboxylic acids is 1. The van der Waals surface area contributed by atoms with Gasteiger partial charge in [-0.25, -0.2) is 9.38 Å². The van der Waals surface area contributed by atoms with Gasteiger partial charge in [0.1, 0.15) is 24.2 Å². The van der Waals surface area contributed by atoms with Crippen LogP contribution in [0.3, 0.4) is 0 Å². The predicted octanol–water partition coefficient (Wildman–Crippen LogP) is 3.66. The number of alkyl halides is 3. The second-order valence-corrected chi connectivity index (χ2v) is 11.5. The molecule has 2 saturated heterocycles. The number of hydrogen-bond acceptors (Lipinski definition) is 8. The number of nitrogens with zero attached hydrogens (tertiary/aromatic N) is 7. The van der Waals surface area contributed by atoms with Crippen LogP contribution in [-0.2, 0) is 15.7 Å². The van der Waals surface area contributed by atoms with Crippen molar-refractivity contribution in [1.82, 2.24) is 19.6 Å². The standard InChI is InChI=1S/C30H37F4N7O2/c1-4-26(42)41-16-15-40(17-20(41)10-12-35)28-22-11-14-39(25-9-5-8-23(31)27(25)30(32,33)34)18-24(22)36-29(38(28)3)43-19-21-7-6-13-37(21)2/h4-5,8-9,20-21,28H,1,6-7,10-11,13-19H2,2-3H3/t20-,21+,28?/m0/s1. The number of hydrogen-bond donors (Lipinski definition) is 0. The SMILES string of the molecule is C=CC(=O)N1CCN(C2C3=C(CN(c4cccc(F)c4C(F)(F)F)CC3)N=C(OC[C@H]3CCCN3C)N2C)C[C@@H]1CC#N. The molecule has 0 radical (unpaired) electrons. The number of piperazine rings is 1. The van der Waals surface area contributed by atoms with Gasteiger partial charge in [-0.3, -0.25) is 9.69 Å². The Balaban J connectivity index is 1.47. The minimum Gasteiger partial charge on any atom is -0.463 e. The number of ether oxygens (including phenoxy) is 1. The van der Waals surface area contributed by atoms with Crippen LogP contribution < -0.4 is 4.90 Å². The van der Waals surface area contributed by atoms with Crippen LogP contribution in [0.1, 0.15) is 31.2 Å². The third kappa shape index (κ3) is 6.21. The van der Waals surface area contributed by atoms with Crippen molar-refractivity contribution in [2.24, 2.45) is 4.99 Å². The maximum absolute atomic E-state index is 14.5. The maximum atomic E-state index is 14.5. The van der Waals surface area contributed by atoms with Gasteiger partial charge in [0, 0.05) is 39.3 Å². The Bertz CT molecular complexity index is 1340. The van der Waals surface area contributed by atoms with E-state index in [4.69, 9.17) is 9.73 Å². The van der Waals surface area contributed by atoms with Crippen molar-refractivity contribution in [3.05, 3.63) is 53.5 Å². The average Bonchev–Trinajstić information content (AvgIpc) is 3.39. The third-order valence-electron chi connectivity index (χ3n) is 8.91. The van der Waals surface area contributed by atoms with E-state index in [1.807, 2.05) is 19.0 Å². The summed E-state index contributed by atoms with van der Waals surface area (Å²) in [6, 6.07) is 5.83. The molecule has 1 aromatic rings. The lowest BCUT2D eigenvalue weighted by Crippen LogP contribution is -2.62. The quantitative estimate of drug-likeness (QED) is 0.363. The fourth-order valence-electron chi connectivity index (χ4n) is 6.69. The molecule has 1 aromatic carbocycles. The van der Waals surface area contributed by atoms with E-state index in [0.29, 0.717) is 44.4 Å². The first-order valence-corrected chi connectivity index (χ1v) is 14.5. The van der Waals surface area contributed by atoms with E-state index >= 15 is 0 Å². The van der Waals surface area contributed by atoms with Crippen LogP contribution in [0.15, 0.2) is 47.1 Å². The number of anilines is 1. The van der Waals surface area contributed by atoms with Crippen LogP contribution in [0, 0.1) is 17.1 Å². The molecule has 43 heavy (non-hydrogen) atoms. The molecule has 0 N–H and O–H groups in total. The summed E-state index contributed by atoms with van der Waals surface area (Å²) < 4.78 is 62.5. The Morgan fingerprint density at radius 2 is 2.00 bits per heavy atom. The zero-order valence-electron chi connectivity index (χ0n) is 24.5. The molecule has 2 fully saturated rings. The van der Waals surface area contributed by atoms with E-state index in [-0.39, 0.29) is 49.4 Å². The molecule has 3 atom stereocenters. The Labute approximate surface area is 249 Å². The first-order chi connectivity index (χ1) is 20.5. The molecule has 0 saturated carbocycles. The Hall–Kier alpha value is -3.63. The zero-order chi connectivity index (χ0) is 30.9. The number of carbonyl (C=O) groups is 1. The molecule has 232 valence electrons. The minimum atomic E-state index is -4.85. The molecule has 0 aromatic heterocycles. The van der Waals surface area contributed by atoms with E-state index in [1.54, 1.807) is 4.90 Å². The highest BCUT2D eigenvalue weighted by Crippen LogP contribution is 2.41. The molecule has 1 amide bonds. The van der Waals surface area contributed by atoms with Crippen molar-refractivity contribution in [3.63, 3.8) is 0 Å². The number of rotatable bonds is 6. The summed E-state index contributed by atoms with van der Waals surface area (Å²) >= 11 is 0. The Morgan fingerprint density at radius 1 is 1.21 bits per heavy atom. The third-order valence-corrected chi connectivity index (χ3v) is 8.91. The minimum absolute atomic E-state index is 0.0545. The van der Waals surface area contributed by atoms with Crippen LogP contribution in [0.2, 0.25) is 0 Å². The first-order valence-electron chi connectivity index (χ1n) is 14.5. The molecule has 0 bridgehead atoms. The lowest BCUT2D eigenvalue weighted by atomic mass is 9.96. The normalized spacial score (nSPS) is 25.4. The van der Waals surface area contributed by atoms with Gasteiger partial charge in [-0.05, 0) is 56.6 Å². The molecule has 13 heteroatoms. The van der Waals surface area contributed by atoms with Crippen molar-refractivity contribution >= 4 is 17.6 Å². The molecule has 1 unspecified atom stereocenters. The number of benzene rings is 1. The summed E-state index contributed by atoms with van der Waals surface area (Å²) in [5.74, 6) is -1.54. The maximum Gasteiger partial charge on any atom is 0.421 e. The number of aliphatic imine (C=N–C) groups is 1. The largest absolute Gasteiger partial charge is 0.463 e. The van der Waals surface area contributed by atoms with Gasteiger partial charge in [0.15, 0.2) is 0 Å². The van der Waals surface area contributed by atoms with Crippen molar-refractivity contribution in [2.75, 3.05) is 64.9 Å². The number of nitriles is 1. The smallest absolute Gasteiger partial charge is 0.421 e. The van der Waals surface area contributed by atoms with E-state index in [0.717, 1.165) is 31.0 Å². The Morgan fingerprint density at radius 3 is 2.67 bits per heavy atom. The van der Waals surface area contributed by atoms with E-state index in [2.05, 4.69) is 22.4 Å². The number of amidine groups is 1. The summed E-state index contributed by atoms with van der Waals surface area (Å²) in [5, 5.41) is 9.49. The molecule has 0 aliphatic carbocycles. The highest BCUT2D eigenvalue weighted by molar-refractivity contribution is 5.87. The van der Waals surface area contributed by atoms with Crippen molar-refractivity contribution in [3.8, 4) is 6.07 Å². The average molecular weight is 604 g/mol. The fourth-order valence-corrected chi connectivity index (χ4v) is 6.69. The lowest BCUT2D eigenvalue weighted by molar-refractivity contribution is -0.139. The predicted molar refractivity (Wildman–Crippen MR) is 153 cm³/mol.